The Morgan fingerprint density at radius 3 is 2.57 bits per heavy atom. The zero-order chi connectivity index (χ0) is 21.9. The molecule has 9 heteroatoms. The molecule has 4 amide bonds. The molecule has 1 fully saturated rings. The molecule has 0 spiro atoms. The maximum Gasteiger partial charge on any atom is 0.325 e. The molecule has 158 valence electrons. The maximum atomic E-state index is 14.2. The number of thioether (sulfide) groups is 1. The molecule has 0 bridgehead atoms. The van der Waals surface area contributed by atoms with E-state index in [1.54, 1.807) is 11.8 Å². The summed E-state index contributed by atoms with van der Waals surface area (Å²) >= 11 is 1.56. The number of urea groups is 1. The Balaban J connectivity index is 1.56. The molecule has 2 N–H and O–H groups in total. The average Bonchev–Trinajstić information content (AvgIpc) is 2.92. The van der Waals surface area contributed by atoms with Crippen LogP contribution in [-0.2, 0) is 15.1 Å². The lowest BCUT2D eigenvalue weighted by molar-refractivity contribution is -0.134. The van der Waals surface area contributed by atoms with E-state index in [1.807, 2.05) is 31.2 Å². The SMILES string of the molecule is Cc1ccc(SCCNC(=O)CN2C(=O)NC(C)(c3cc(F)ccc3F)C2=O)cc1. The van der Waals surface area contributed by atoms with Gasteiger partial charge >= 0.3 is 6.03 Å². The van der Waals surface area contributed by atoms with Crippen LogP contribution in [0.15, 0.2) is 47.4 Å². The Hall–Kier alpha value is -2.94. The van der Waals surface area contributed by atoms with Crippen LogP contribution in [0.1, 0.15) is 18.1 Å². The van der Waals surface area contributed by atoms with Crippen LogP contribution >= 0.6 is 11.8 Å². The van der Waals surface area contributed by atoms with Gasteiger partial charge in [-0.1, -0.05) is 17.7 Å². The molecule has 1 aliphatic rings. The van der Waals surface area contributed by atoms with E-state index in [1.165, 1.54) is 6.92 Å². The summed E-state index contributed by atoms with van der Waals surface area (Å²) in [6, 6.07) is 9.80. The van der Waals surface area contributed by atoms with Gasteiger partial charge in [-0.25, -0.2) is 13.6 Å². The van der Waals surface area contributed by atoms with Crippen LogP contribution in [-0.4, -0.2) is 41.6 Å². The zero-order valence-corrected chi connectivity index (χ0v) is 17.3. The Bertz CT molecular complexity index is 984. The number of carbonyl (C=O) groups is 3. The summed E-state index contributed by atoms with van der Waals surface area (Å²) in [4.78, 5) is 38.9. The van der Waals surface area contributed by atoms with Crippen molar-refractivity contribution >= 4 is 29.6 Å². The lowest BCUT2D eigenvalue weighted by Crippen LogP contribution is -2.44. The second kappa shape index (κ2) is 8.83. The second-order valence-corrected chi connectivity index (χ2v) is 8.25. The summed E-state index contributed by atoms with van der Waals surface area (Å²) in [5.41, 5.74) is -0.922. The van der Waals surface area contributed by atoms with Crippen LogP contribution in [0.25, 0.3) is 0 Å². The van der Waals surface area contributed by atoms with Crippen molar-refractivity contribution < 1.29 is 23.2 Å². The molecule has 1 heterocycles. The number of aryl methyl sites for hydroxylation is 1. The van der Waals surface area contributed by atoms with E-state index >= 15 is 0 Å². The molecule has 0 aromatic heterocycles. The van der Waals surface area contributed by atoms with Crippen molar-refractivity contribution in [3.05, 3.63) is 65.2 Å². The molecule has 0 radical (unpaired) electrons. The first kappa shape index (κ1) is 21.8. The van der Waals surface area contributed by atoms with E-state index in [-0.39, 0.29) is 5.56 Å². The Morgan fingerprint density at radius 1 is 1.17 bits per heavy atom. The Morgan fingerprint density at radius 2 is 1.87 bits per heavy atom. The maximum absolute atomic E-state index is 14.2. The fraction of sp³-hybridized carbons (Fsp3) is 0.286. The fourth-order valence-electron chi connectivity index (χ4n) is 3.10. The number of halogens is 2. The van der Waals surface area contributed by atoms with Crippen LogP contribution < -0.4 is 10.6 Å². The topological polar surface area (TPSA) is 78.5 Å². The largest absolute Gasteiger partial charge is 0.354 e. The van der Waals surface area contributed by atoms with Gasteiger partial charge in [0.1, 0.15) is 23.7 Å². The molecule has 1 atom stereocenters. The van der Waals surface area contributed by atoms with Gasteiger partial charge in [-0.15, -0.1) is 11.8 Å². The molecule has 1 unspecified atom stereocenters. The van der Waals surface area contributed by atoms with Crippen molar-refractivity contribution in [2.45, 2.75) is 24.3 Å². The van der Waals surface area contributed by atoms with Crippen molar-refractivity contribution in [3.63, 3.8) is 0 Å². The molecule has 3 rings (SSSR count). The standard InChI is InChI=1S/C21H21F2N3O3S/c1-13-3-6-15(7-4-13)30-10-9-24-18(27)12-26-19(28)21(2,25-20(26)29)16-11-14(22)5-8-17(16)23/h3-8,11H,9-10,12H2,1-2H3,(H,24,27)(H,25,29). The second-order valence-electron chi connectivity index (χ2n) is 7.08. The molecule has 2 aromatic carbocycles. The van der Waals surface area contributed by atoms with Crippen LogP contribution in [0.2, 0.25) is 0 Å². The molecule has 0 aliphatic carbocycles. The Labute approximate surface area is 177 Å². The van der Waals surface area contributed by atoms with E-state index in [0.29, 0.717) is 17.2 Å². The van der Waals surface area contributed by atoms with Crippen molar-refractivity contribution in [1.29, 1.82) is 0 Å². The van der Waals surface area contributed by atoms with Gasteiger partial charge in [0.2, 0.25) is 5.91 Å². The van der Waals surface area contributed by atoms with E-state index in [2.05, 4.69) is 10.6 Å². The lowest BCUT2D eigenvalue weighted by atomic mass is 9.91. The minimum atomic E-state index is -1.79. The minimum Gasteiger partial charge on any atom is -0.354 e. The van der Waals surface area contributed by atoms with E-state index < -0.39 is 41.6 Å². The summed E-state index contributed by atoms with van der Waals surface area (Å²) in [5.74, 6) is -2.29. The lowest BCUT2D eigenvalue weighted by Gasteiger charge is -2.22. The highest BCUT2D eigenvalue weighted by atomic mass is 32.2. The molecule has 2 aromatic rings. The van der Waals surface area contributed by atoms with Gasteiger partial charge < -0.3 is 10.6 Å². The summed E-state index contributed by atoms with van der Waals surface area (Å²) in [5, 5.41) is 5.01. The van der Waals surface area contributed by atoms with Crippen LogP contribution in [0.4, 0.5) is 13.6 Å². The number of hydrogen-bond donors (Lipinski definition) is 2. The first-order chi connectivity index (χ1) is 14.2. The van der Waals surface area contributed by atoms with Crippen LogP contribution in [0, 0.1) is 18.6 Å². The highest BCUT2D eigenvalue weighted by molar-refractivity contribution is 7.99. The smallest absolute Gasteiger partial charge is 0.325 e. The molecule has 1 aliphatic heterocycles. The molecular formula is C21H21F2N3O3S. The first-order valence-electron chi connectivity index (χ1n) is 9.26. The van der Waals surface area contributed by atoms with Gasteiger partial charge in [-0.2, -0.15) is 0 Å². The number of nitrogens with zero attached hydrogens (tertiary/aromatic N) is 1. The van der Waals surface area contributed by atoms with Crippen molar-refractivity contribution in [2.75, 3.05) is 18.8 Å². The summed E-state index contributed by atoms with van der Waals surface area (Å²) in [6.45, 7) is 3.11. The Kier molecular flexibility index (Phi) is 6.40. The highest BCUT2D eigenvalue weighted by Gasteiger charge is 2.50. The van der Waals surface area contributed by atoms with Gasteiger partial charge in [-0.3, -0.25) is 14.5 Å². The third-order valence-corrected chi connectivity index (χ3v) is 5.77. The number of nitrogens with one attached hydrogen (secondary N) is 2. The minimum absolute atomic E-state index is 0.293. The van der Waals surface area contributed by atoms with Crippen molar-refractivity contribution in [3.8, 4) is 0 Å². The van der Waals surface area contributed by atoms with Crippen molar-refractivity contribution in [2.24, 2.45) is 0 Å². The third-order valence-electron chi connectivity index (χ3n) is 4.76. The van der Waals surface area contributed by atoms with Gasteiger partial charge in [0, 0.05) is 22.8 Å². The van der Waals surface area contributed by atoms with E-state index in [9.17, 15) is 23.2 Å². The van der Waals surface area contributed by atoms with Crippen molar-refractivity contribution in [1.82, 2.24) is 15.5 Å². The number of amides is 4. The first-order valence-corrected chi connectivity index (χ1v) is 10.2. The van der Waals surface area contributed by atoms with Gasteiger partial charge in [0.25, 0.3) is 5.91 Å². The normalized spacial score (nSPS) is 18.5. The number of benzene rings is 2. The van der Waals surface area contributed by atoms with E-state index in [4.69, 9.17) is 0 Å². The van der Waals surface area contributed by atoms with Crippen LogP contribution in [0.5, 0.6) is 0 Å². The van der Waals surface area contributed by atoms with Crippen LogP contribution in [0.3, 0.4) is 0 Å². The zero-order valence-electron chi connectivity index (χ0n) is 16.5. The molecule has 30 heavy (non-hydrogen) atoms. The summed E-state index contributed by atoms with van der Waals surface area (Å²) in [7, 11) is 0. The molecule has 6 nitrogen and oxygen atoms in total. The predicted octanol–water partition coefficient (Wildman–Crippen LogP) is 2.95. The quantitative estimate of drug-likeness (QED) is 0.400. The van der Waals surface area contributed by atoms with Gasteiger partial charge in [-0.05, 0) is 44.2 Å². The van der Waals surface area contributed by atoms with Gasteiger partial charge in [0.05, 0.1) is 0 Å². The predicted molar refractivity (Wildman–Crippen MR) is 109 cm³/mol. The number of rotatable bonds is 7. The fourth-order valence-corrected chi connectivity index (χ4v) is 3.87. The van der Waals surface area contributed by atoms with Gasteiger partial charge in [0.15, 0.2) is 0 Å². The molecule has 0 saturated carbocycles. The summed E-state index contributed by atoms with van der Waals surface area (Å²) < 4.78 is 27.7. The number of carbonyl (C=O) groups excluding carboxylic acids is 3. The summed E-state index contributed by atoms with van der Waals surface area (Å²) in [6.07, 6.45) is 0. The average molecular weight is 433 g/mol. The monoisotopic (exact) mass is 433 g/mol. The third kappa shape index (κ3) is 4.62. The number of hydrogen-bond acceptors (Lipinski definition) is 4. The molecule has 1 saturated heterocycles. The number of imide groups is 1. The molecular weight excluding hydrogens is 412 g/mol. The highest BCUT2D eigenvalue weighted by Crippen LogP contribution is 2.31. The van der Waals surface area contributed by atoms with E-state index in [0.717, 1.165) is 28.7 Å².